The monoisotopic (exact) mass is 249 g/mol. The van der Waals surface area contributed by atoms with Gasteiger partial charge < -0.3 is 20.5 Å². The van der Waals surface area contributed by atoms with Gasteiger partial charge in [-0.2, -0.15) is 0 Å². The zero-order chi connectivity index (χ0) is 13.0. The van der Waals surface area contributed by atoms with Gasteiger partial charge in [0.05, 0.1) is 20.3 Å². The molecule has 0 saturated heterocycles. The second-order valence-electron chi connectivity index (χ2n) is 4.29. The highest BCUT2D eigenvalue weighted by atomic mass is 16.5. The van der Waals surface area contributed by atoms with Crippen molar-refractivity contribution in [1.82, 2.24) is 0 Å². The molecule has 0 bridgehead atoms. The molecule has 1 fully saturated rings. The Morgan fingerprint density at radius 1 is 1.28 bits per heavy atom. The Hall–Kier alpha value is -1.91. The highest BCUT2D eigenvalue weighted by molar-refractivity contribution is 5.92. The van der Waals surface area contributed by atoms with Crippen LogP contribution in [0.25, 0.3) is 0 Å². The van der Waals surface area contributed by atoms with E-state index in [4.69, 9.17) is 15.2 Å². The molecule has 2 rings (SSSR count). The maximum Gasteiger partial charge on any atom is 0.193 e. The summed E-state index contributed by atoms with van der Waals surface area (Å²) in [4.78, 5) is 4.39. The van der Waals surface area contributed by atoms with Gasteiger partial charge in [-0.25, -0.2) is 4.99 Å². The minimum atomic E-state index is 0.387. The normalized spacial score (nSPS) is 16.0. The number of rotatable bonds is 4. The molecule has 5 nitrogen and oxygen atoms in total. The van der Waals surface area contributed by atoms with Crippen molar-refractivity contribution < 1.29 is 9.47 Å². The molecular formula is C13H19N3O2. The van der Waals surface area contributed by atoms with Crippen molar-refractivity contribution in [2.24, 2.45) is 10.7 Å². The molecule has 0 aromatic heterocycles. The summed E-state index contributed by atoms with van der Waals surface area (Å²) < 4.78 is 10.4. The Balaban J connectivity index is 2.06. The van der Waals surface area contributed by atoms with Crippen molar-refractivity contribution in [3.05, 3.63) is 18.2 Å². The highest BCUT2D eigenvalue weighted by Gasteiger charge is 2.16. The largest absolute Gasteiger partial charge is 0.493 e. The summed E-state index contributed by atoms with van der Waals surface area (Å²) in [5, 5.41) is 3.06. The molecule has 0 unspecified atom stereocenters. The van der Waals surface area contributed by atoms with Crippen LogP contribution in [0.5, 0.6) is 11.5 Å². The molecule has 1 aliphatic carbocycles. The van der Waals surface area contributed by atoms with E-state index in [0.717, 1.165) is 18.5 Å². The van der Waals surface area contributed by atoms with Gasteiger partial charge >= 0.3 is 0 Å². The summed E-state index contributed by atoms with van der Waals surface area (Å²) in [5.41, 5.74) is 6.69. The van der Waals surface area contributed by atoms with Crippen LogP contribution in [0.2, 0.25) is 0 Å². The predicted molar refractivity (Wildman–Crippen MR) is 72.4 cm³/mol. The number of hydrogen-bond donors (Lipinski definition) is 2. The lowest BCUT2D eigenvalue weighted by Crippen LogP contribution is -2.27. The van der Waals surface area contributed by atoms with Crippen molar-refractivity contribution in [1.29, 1.82) is 0 Å². The lowest BCUT2D eigenvalue weighted by Gasteiger charge is -2.21. The summed E-state index contributed by atoms with van der Waals surface area (Å²) >= 11 is 0. The Morgan fingerprint density at radius 3 is 2.56 bits per heavy atom. The fraction of sp³-hybridized carbons (Fsp3) is 0.462. The van der Waals surface area contributed by atoms with Crippen LogP contribution in [0.4, 0.5) is 5.69 Å². The van der Waals surface area contributed by atoms with Crippen LogP contribution in [-0.2, 0) is 0 Å². The van der Waals surface area contributed by atoms with Crippen molar-refractivity contribution >= 4 is 11.6 Å². The number of nitrogens with two attached hydrogens (primary N) is 1. The lowest BCUT2D eigenvalue weighted by atomic mass is 9.94. The van der Waals surface area contributed by atoms with E-state index in [-0.39, 0.29) is 0 Å². The summed E-state index contributed by atoms with van der Waals surface area (Å²) in [6, 6.07) is 5.93. The molecule has 18 heavy (non-hydrogen) atoms. The first-order chi connectivity index (χ1) is 8.72. The van der Waals surface area contributed by atoms with Gasteiger partial charge in [0.2, 0.25) is 0 Å². The zero-order valence-electron chi connectivity index (χ0n) is 10.8. The predicted octanol–water partition coefficient (Wildman–Crippen LogP) is 1.98. The molecule has 1 aromatic rings. The van der Waals surface area contributed by atoms with Crippen molar-refractivity contribution in [2.45, 2.75) is 25.3 Å². The maximum absolute atomic E-state index is 5.85. The fourth-order valence-electron chi connectivity index (χ4n) is 1.81. The number of guanidine groups is 1. The average molecular weight is 249 g/mol. The molecule has 1 aromatic carbocycles. The Labute approximate surface area is 107 Å². The van der Waals surface area contributed by atoms with Crippen LogP contribution in [0.1, 0.15) is 19.3 Å². The van der Waals surface area contributed by atoms with Crippen molar-refractivity contribution in [3.8, 4) is 11.5 Å². The quantitative estimate of drug-likeness (QED) is 0.632. The molecule has 1 aliphatic rings. The Morgan fingerprint density at radius 2 is 2.00 bits per heavy atom. The third kappa shape index (κ3) is 2.85. The smallest absolute Gasteiger partial charge is 0.193 e. The summed E-state index contributed by atoms with van der Waals surface area (Å²) in [5.74, 6) is 1.81. The van der Waals surface area contributed by atoms with Crippen LogP contribution in [-0.4, -0.2) is 26.2 Å². The van der Waals surface area contributed by atoms with Crippen LogP contribution in [0.3, 0.4) is 0 Å². The number of aliphatic imine (C=N–C) groups is 1. The van der Waals surface area contributed by atoms with E-state index in [0.29, 0.717) is 23.5 Å². The van der Waals surface area contributed by atoms with E-state index in [1.807, 2.05) is 18.2 Å². The number of nitrogens with one attached hydrogen (secondary N) is 1. The standard InChI is InChI=1S/C13H19N3O2/c1-17-11-7-6-10(8-12(11)18-2)16-13(14)15-9-4-3-5-9/h6-9H,3-5H2,1-2H3,(H3,14,15,16). The van der Waals surface area contributed by atoms with Gasteiger partial charge in [-0.3, -0.25) is 0 Å². The minimum Gasteiger partial charge on any atom is -0.493 e. The van der Waals surface area contributed by atoms with Crippen LogP contribution in [0.15, 0.2) is 23.2 Å². The lowest BCUT2D eigenvalue weighted by molar-refractivity contribution is 0.355. The molecule has 0 aliphatic heterocycles. The number of anilines is 1. The topological polar surface area (TPSA) is 68.9 Å². The molecule has 98 valence electrons. The number of hydrogen-bond acceptors (Lipinski definition) is 3. The summed E-state index contributed by atoms with van der Waals surface area (Å²) in [6.07, 6.45) is 3.51. The number of benzene rings is 1. The van der Waals surface area contributed by atoms with Crippen LogP contribution < -0.4 is 20.5 Å². The van der Waals surface area contributed by atoms with Crippen molar-refractivity contribution in [2.75, 3.05) is 19.5 Å². The van der Waals surface area contributed by atoms with Gasteiger partial charge in [0.1, 0.15) is 0 Å². The third-order valence-corrected chi connectivity index (χ3v) is 3.05. The number of nitrogens with zero attached hydrogens (tertiary/aromatic N) is 1. The molecule has 0 amide bonds. The second-order valence-corrected chi connectivity index (χ2v) is 4.29. The molecule has 0 radical (unpaired) electrons. The molecule has 3 N–H and O–H groups in total. The van der Waals surface area contributed by atoms with E-state index in [1.165, 1.54) is 6.42 Å². The molecule has 5 heteroatoms. The van der Waals surface area contributed by atoms with E-state index >= 15 is 0 Å². The van der Waals surface area contributed by atoms with Gasteiger partial charge in [-0.1, -0.05) is 0 Å². The Bertz CT molecular complexity index is 442. The average Bonchev–Trinajstić information content (AvgIpc) is 2.33. The van der Waals surface area contributed by atoms with Crippen LogP contribution in [0, 0.1) is 0 Å². The molecular weight excluding hydrogens is 230 g/mol. The maximum atomic E-state index is 5.85. The van der Waals surface area contributed by atoms with E-state index in [2.05, 4.69) is 10.3 Å². The molecule has 0 atom stereocenters. The van der Waals surface area contributed by atoms with Gasteiger partial charge in [0.25, 0.3) is 0 Å². The van der Waals surface area contributed by atoms with Gasteiger partial charge in [-0.15, -0.1) is 0 Å². The third-order valence-electron chi connectivity index (χ3n) is 3.05. The minimum absolute atomic E-state index is 0.387. The van der Waals surface area contributed by atoms with Gasteiger partial charge in [-0.05, 0) is 31.4 Å². The van der Waals surface area contributed by atoms with E-state index in [9.17, 15) is 0 Å². The summed E-state index contributed by atoms with van der Waals surface area (Å²) in [6.45, 7) is 0. The number of ether oxygens (including phenoxy) is 2. The molecule has 0 heterocycles. The SMILES string of the molecule is COc1ccc(NC(N)=NC2CCC2)cc1OC. The fourth-order valence-corrected chi connectivity index (χ4v) is 1.81. The highest BCUT2D eigenvalue weighted by Crippen LogP contribution is 2.29. The summed E-state index contributed by atoms with van der Waals surface area (Å²) in [7, 11) is 3.21. The van der Waals surface area contributed by atoms with Crippen LogP contribution >= 0.6 is 0 Å². The second kappa shape index (κ2) is 5.62. The zero-order valence-corrected chi connectivity index (χ0v) is 10.8. The van der Waals surface area contributed by atoms with E-state index in [1.54, 1.807) is 14.2 Å². The first-order valence-electron chi connectivity index (χ1n) is 6.05. The van der Waals surface area contributed by atoms with Gasteiger partial charge in [0.15, 0.2) is 17.5 Å². The molecule has 1 saturated carbocycles. The first kappa shape index (κ1) is 12.5. The van der Waals surface area contributed by atoms with Crippen molar-refractivity contribution in [3.63, 3.8) is 0 Å². The number of methoxy groups -OCH3 is 2. The Kier molecular flexibility index (Phi) is 3.92. The molecule has 0 spiro atoms. The first-order valence-corrected chi connectivity index (χ1v) is 6.05. The van der Waals surface area contributed by atoms with Gasteiger partial charge in [0, 0.05) is 11.8 Å². The van der Waals surface area contributed by atoms with E-state index < -0.39 is 0 Å².